The number of hydrogen-bond acceptors (Lipinski definition) is 6. The molecule has 0 spiro atoms. The standard InChI is InChI=1S/C26H19FN8O/c1-2-22(36)32-21-8-5-15(10-29-21)16-9-18-24(34-35-25(18)30-11-16)26-31-20-13-28-12-19(23(20)33-26)14-3-6-17(27)7-4-14/h3-13H,2H2,1H3,(H,31,33)(H,29,32,36)(H,30,34,35). The van der Waals surface area contributed by atoms with Gasteiger partial charge >= 0.3 is 0 Å². The van der Waals surface area contributed by atoms with Crippen molar-refractivity contribution in [1.82, 2.24) is 35.1 Å². The maximum absolute atomic E-state index is 13.4. The number of carbonyl (C=O) groups is 1. The van der Waals surface area contributed by atoms with Gasteiger partial charge in [0, 0.05) is 41.7 Å². The van der Waals surface area contributed by atoms with Crippen molar-refractivity contribution in [2.45, 2.75) is 13.3 Å². The monoisotopic (exact) mass is 478 g/mol. The number of aromatic amines is 2. The maximum atomic E-state index is 13.4. The highest BCUT2D eigenvalue weighted by Crippen LogP contribution is 2.32. The Bertz CT molecular complexity index is 1720. The fourth-order valence-electron chi connectivity index (χ4n) is 4.00. The van der Waals surface area contributed by atoms with Crippen LogP contribution in [0, 0.1) is 5.82 Å². The van der Waals surface area contributed by atoms with Crippen LogP contribution >= 0.6 is 0 Å². The number of pyridine rings is 3. The Hall–Kier alpha value is -4.99. The summed E-state index contributed by atoms with van der Waals surface area (Å²) < 4.78 is 13.4. The van der Waals surface area contributed by atoms with Gasteiger partial charge in [0.25, 0.3) is 0 Å². The molecular formula is C26H19FN8O. The molecule has 9 nitrogen and oxygen atoms in total. The van der Waals surface area contributed by atoms with Crippen molar-refractivity contribution in [3.05, 3.63) is 73.1 Å². The highest BCUT2D eigenvalue weighted by Gasteiger charge is 2.16. The van der Waals surface area contributed by atoms with E-state index in [0.29, 0.717) is 34.9 Å². The van der Waals surface area contributed by atoms with Crippen LogP contribution in [0.1, 0.15) is 13.3 Å². The molecule has 1 aromatic carbocycles. The van der Waals surface area contributed by atoms with Crippen LogP contribution in [-0.2, 0) is 4.79 Å². The lowest BCUT2D eigenvalue weighted by Gasteiger charge is -2.05. The Labute approximate surface area is 203 Å². The number of halogens is 1. The first-order valence-electron chi connectivity index (χ1n) is 11.3. The van der Waals surface area contributed by atoms with Gasteiger partial charge in [0.1, 0.15) is 17.3 Å². The van der Waals surface area contributed by atoms with Crippen LogP contribution in [-0.4, -0.2) is 41.0 Å². The summed E-state index contributed by atoms with van der Waals surface area (Å²) in [5, 5.41) is 10.9. The highest BCUT2D eigenvalue weighted by molar-refractivity contribution is 5.97. The molecule has 3 N–H and O–H groups in total. The molecule has 36 heavy (non-hydrogen) atoms. The predicted octanol–water partition coefficient (Wildman–Crippen LogP) is 5.11. The number of H-pyrrole nitrogens is 2. The fraction of sp³-hybridized carbons (Fsp3) is 0.0769. The second-order valence-electron chi connectivity index (χ2n) is 8.20. The summed E-state index contributed by atoms with van der Waals surface area (Å²) in [6, 6.07) is 11.8. The van der Waals surface area contributed by atoms with Gasteiger partial charge in [-0.1, -0.05) is 19.1 Å². The van der Waals surface area contributed by atoms with Gasteiger partial charge in [-0.2, -0.15) is 5.10 Å². The lowest BCUT2D eigenvalue weighted by Crippen LogP contribution is -2.10. The molecule has 0 fully saturated rings. The molecule has 6 rings (SSSR count). The summed E-state index contributed by atoms with van der Waals surface area (Å²) in [5.41, 5.74) is 5.98. The van der Waals surface area contributed by atoms with Gasteiger partial charge in [-0.15, -0.1) is 0 Å². The zero-order chi connectivity index (χ0) is 24.6. The Morgan fingerprint density at radius 1 is 0.972 bits per heavy atom. The summed E-state index contributed by atoms with van der Waals surface area (Å²) in [6.07, 6.45) is 7.21. The molecule has 0 bridgehead atoms. The van der Waals surface area contributed by atoms with Gasteiger partial charge in [-0.25, -0.2) is 19.3 Å². The van der Waals surface area contributed by atoms with Gasteiger partial charge in [-0.05, 0) is 35.9 Å². The SMILES string of the molecule is CCC(=O)Nc1ccc(-c2cnc3n[nH]c(-c4nc5c(-c6ccc(F)cc6)cncc5[nH]4)c3c2)cn1. The average Bonchev–Trinajstić information content (AvgIpc) is 3.53. The van der Waals surface area contributed by atoms with Crippen LogP contribution in [0.15, 0.2) is 67.3 Å². The van der Waals surface area contributed by atoms with E-state index in [-0.39, 0.29) is 11.7 Å². The third-order valence-electron chi connectivity index (χ3n) is 5.88. The summed E-state index contributed by atoms with van der Waals surface area (Å²) in [6.45, 7) is 1.79. The molecule has 1 amide bonds. The Morgan fingerprint density at radius 2 is 1.78 bits per heavy atom. The van der Waals surface area contributed by atoms with E-state index in [1.165, 1.54) is 12.1 Å². The molecule has 10 heteroatoms. The van der Waals surface area contributed by atoms with E-state index in [1.807, 2.05) is 12.1 Å². The maximum Gasteiger partial charge on any atom is 0.225 e. The first kappa shape index (κ1) is 21.5. The molecule has 0 aliphatic rings. The number of hydrogen-bond donors (Lipinski definition) is 3. The minimum absolute atomic E-state index is 0.0926. The van der Waals surface area contributed by atoms with E-state index in [2.05, 4.69) is 35.5 Å². The molecule has 0 unspecified atom stereocenters. The first-order valence-corrected chi connectivity index (χ1v) is 11.3. The van der Waals surface area contributed by atoms with E-state index < -0.39 is 0 Å². The zero-order valence-corrected chi connectivity index (χ0v) is 19.1. The van der Waals surface area contributed by atoms with Crippen molar-refractivity contribution < 1.29 is 9.18 Å². The van der Waals surface area contributed by atoms with Crippen molar-refractivity contribution in [3.63, 3.8) is 0 Å². The van der Waals surface area contributed by atoms with E-state index in [0.717, 1.165) is 33.2 Å². The number of carbonyl (C=O) groups excluding carboxylic acids is 1. The van der Waals surface area contributed by atoms with Crippen LogP contribution in [0.25, 0.3) is 55.8 Å². The molecule has 0 aliphatic heterocycles. The van der Waals surface area contributed by atoms with Crippen LogP contribution in [0.5, 0.6) is 0 Å². The van der Waals surface area contributed by atoms with E-state index >= 15 is 0 Å². The zero-order valence-electron chi connectivity index (χ0n) is 19.1. The van der Waals surface area contributed by atoms with Gasteiger partial charge in [0.05, 0.1) is 22.6 Å². The van der Waals surface area contributed by atoms with Crippen molar-refractivity contribution in [2.75, 3.05) is 5.32 Å². The van der Waals surface area contributed by atoms with Crippen LogP contribution in [0.3, 0.4) is 0 Å². The second-order valence-corrected chi connectivity index (χ2v) is 8.20. The minimum atomic E-state index is -0.301. The summed E-state index contributed by atoms with van der Waals surface area (Å²) in [4.78, 5) is 32.9. The highest BCUT2D eigenvalue weighted by atomic mass is 19.1. The molecule has 6 aromatic rings. The number of aromatic nitrogens is 7. The van der Waals surface area contributed by atoms with Crippen molar-refractivity contribution in [3.8, 4) is 33.8 Å². The van der Waals surface area contributed by atoms with Gasteiger partial charge in [0.15, 0.2) is 11.5 Å². The first-order chi connectivity index (χ1) is 17.6. The smallest absolute Gasteiger partial charge is 0.225 e. The fourth-order valence-corrected chi connectivity index (χ4v) is 4.00. The molecule has 0 aliphatic carbocycles. The lowest BCUT2D eigenvalue weighted by atomic mass is 10.1. The number of nitrogens with one attached hydrogen (secondary N) is 3. The number of fused-ring (bicyclic) bond motifs is 2. The summed E-state index contributed by atoms with van der Waals surface area (Å²) in [5.74, 6) is 0.685. The van der Waals surface area contributed by atoms with Gasteiger partial charge < -0.3 is 10.3 Å². The van der Waals surface area contributed by atoms with Crippen molar-refractivity contribution in [1.29, 1.82) is 0 Å². The molecule has 176 valence electrons. The molecule has 0 radical (unpaired) electrons. The van der Waals surface area contributed by atoms with E-state index in [9.17, 15) is 9.18 Å². The average molecular weight is 478 g/mol. The number of amides is 1. The lowest BCUT2D eigenvalue weighted by molar-refractivity contribution is -0.115. The third kappa shape index (κ3) is 3.84. The third-order valence-corrected chi connectivity index (χ3v) is 5.88. The number of anilines is 1. The summed E-state index contributed by atoms with van der Waals surface area (Å²) in [7, 11) is 0. The molecule has 0 atom stereocenters. The Kier molecular flexibility index (Phi) is 5.18. The topological polar surface area (TPSA) is 125 Å². The Morgan fingerprint density at radius 3 is 2.56 bits per heavy atom. The van der Waals surface area contributed by atoms with Crippen molar-refractivity contribution in [2.24, 2.45) is 0 Å². The number of imidazole rings is 1. The van der Waals surface area contributed by atoms with Gasteiger partial charge in [-0.3, -0.25) is 14.9 Å². The molecule has 0 saturated carbocycles. The molecular weight excluding hydrogens is 459 g/mol. The van der Waals surface area contributed by atoms with E-state index in [1.54, 1.807) is 49.9 Å². The second kappa shape index (κ2) is 8.66. The van der Waals surface area contributed by atoms with Gasteiger partial charge in [0.2, 0.25) is 5.91 Å². The van der Waals surface area contributed by atoms with Crippen LogP contribution in [0.4, 0.5) is 10.2 Å². The number of rotatable bonds is 5. The van der Waals surface area contributed by atoms with E-state index in [4.69, 9.17) is 4.98 Å². The van der Waals surface area contributed by atoms with Crippen LogP contribution < -0.4 is 5.32 Å². The van der Waals surface area contributed by atoms with Crippen LogP contribution in [0.2, 0.25) is 0 Å². The quantitative estimate of drug-likeness (QED) is 0.316. The molecule has 0 saturated heterocycles. The predicted molar refractivity (Wildman–Crippen MR) is 134 cm³/mol. The number of nitrogens with zero attached hydrogens (tertiary/aromatic N) is 5. The number of benzene rings is 1. The minimum Gasteiger partial charge on any atom is -0.335 e. The Balaban J connectivity index is 1.39. The van der Waals surface area contributed by atoms with Crippen molar-refractivity contribution >= 4 is 33.8 Å². The normalized spacial score (nSPS) is 11.3. The largest absolute Gasteiger partial charge is 0.335 e. The summed E-state index contributed by atoms with van der Waals surface area (Å²) >= 11 is 0. The molecule has 5 aromatic heterocycles. The molecule has 5 heterocycles.